The van der Waals surface area contributed by atoms with E-state index >= 15 is 0 Å². The molecule has 1 heterocycles. The van der Waals surface area contributed by atoms with Gasteiger partial charge in [-0.25, -0.2) is 4.98 Å². The zero-order chi connectivity index (χ0) is 10.1. The monoisotopic (exact) mass is 194 g/mol. The van der Waals surface area contributed by atoms with Crippen LogP contribution in [-0.2, 0) is 0 Å². The molecule has 5 nitrogen and oxygen atoms in total. The van der Waals surface area contributed by atoms with Crippen LogP contribution in [0, 0.1) is 10.1 Å². The Hall–Kier alpha value is -1.65. The molecule has 0 unspecified atom stereocenters. The minimum Gasteiger partial charge on any atom is -0.481 e. The average Bonchev–Trinajstić information content (AvgIpc) is 3.00. The predicted molar refractivity (Wildman–Crippen MR) is 49.4 cm³/mol. The first-order chi connectivity index (χ1) is 6.72. The topological polar surface area (TPSA) is 65.3 Å². The van der Waals surface area contributed by atoms with Crippen molar-refractivity contribution in [1.82, 2.24) is 4.98 Å². The molecule has 1 aromatic rings. The summed E-state index contributed by atoms with van der Waals surface area (Å²) in [6, 6.07) is 2.98. The van der Waals surface area contributed by atoms with Crippen LogP contribution < -0.4 is 4.74 Å². The van der Waals surface area contributed by atoms with Gasteiger partial charge in [-0.3, -0.25) is 10.1 Å². The zero-order valence-electron chi connectivity index (χ0n) is 7.77. The van der Waals surface area contributed by atoms with Crippen molar-refractivity contribution in [3.05, 3.63) is 27.9 Å². The minimum atomic E-state index is -0.389. The van der Waals surface area contributed by atoms with Crippen LogP contribution in [0.25, 0.3) is 0 Å². The van der Waals surface area contributed by atoms with Crippen LogP contribution in [0.3, 0.4) is 0 Å². The van der Waals surface area contributed by atoms with Crippen LogP contribution in [0.2, 0.25) is 0 Å². The molecule has 0 atom stereocenters. The normalized spacial score (nSPS) is 15.2. The molecule has 2 rings (SSSR count). The van der Waals surface area contributed by atoms with Gasteiger partial charge in [0.2, 0.25) is 5.88 Å². The Bertz CT molecular complexity index is 374. The summed E-state index contributed by atoms with van der Waals surface area (Å²) < 4.78 is 4.93. The van der Waals surface area contributed by atoms with E-state index < -0.39 is 0 Å². The summed E-state index contributed by atoms with van der Waals surface area (Å²) in [7, 11) is 1.50. The molecule has 0 aliphatic heterocycles. The van der Waals surface area contributed by atoms with Gasteiger partial charge in [-0.05, 0) is 12.8 Å². The van der Waals surface area contributed by atoms with Gasteiger partial charge in [-0.2, -0.15) is 0 Å². The molecule has 74 valence electrons. The van der Waals surface area contributed by atoms with Crippen molar-refractivity contribution in [2.24, 2.45) is 0 Å². The fraction of sp³-hybridized carbons (Fsp3) is 0.444. The maximum absolute atomic E-state index is 10.7. The third-order valence-corrected chi connectivity index (χ3v) is 2.25. The number of ether oxygens (including phenoxy) is 1. The van der Waals surface area contributed by atoms with E-state index in [9.17, 15) is 10.1 Å². The lowest BCUT2D eigenvalue weighted by Gasteiger charge is -2.02. The Labute approximate surface area is 80.9 Å². The van der Waals surface area contributed by atoms with E-state index in [0.717, 1.165) is 12.8 Å². The van der Waals surface area contributed by atoms with Crippen LogP contribution in [-0.4, -0.2) is 17.0 Å². The standard InChI is InChI=1S/C9H10N2O3/c1-14-8-5-4-7(11(12)13)9(10-8)6-2-3-6/h4-6H,2-3H2,1H3. The number of pyridine rings is 1. The van der Waals surface area contributed by atoms with Gasteiger partial charge in [-0.1, -0.05) is 0 Å². The summed E-state index contributed by atoms with van der Waals surface area (Å²) in [4.78, 5) is 14.4. The van der Waals surface area contributed by atoms with Gasteiger partial charge < -0.3 is 4.74 Å². The van der Waals surface area contributed by atoms with Crippen molar-refractivity contribution in [2.45, 2.75) is 18.8 Å². The largest absolute Gasteiger partial charge is 0.481 e. The summed E-state index contributed by atoms with van der Waals surface area (Å²) in [6.45, 7) is 0. The lowest BCUT2D eigenvalue weighted by molar-refractivity contribution is -0.386. The van der Waals surface area contributed by atoms with E-state index in [4.69, 9.17) is 4.74 Å². The first-order valence-corrected chi connectivity index (χ1v) is 4.41. The predicted octanol–water partition coefficient (Wildman–Crippen LogP) is 1.88. The molecule has 0 aromatic carbocycles. The second kappa shape index (κ2) is 3.25. The van der Waals surface area contributed by atoms with Crippen molar-refractivity contribution >= 4 is 5.69 Å². The Kier molecular flexibility index (Phi) is 2.07. The van der Waals surface area contributed by atoms with Crippen LogP contribution in [0.5, 0.6) is 5.88 Å². The van der Waals surface area contributed by atoms with Gasteiger partial charge in [0.05, 0.1) is 12.0 Å². The molecular weight excluding hydrogens is 184 g/mol. The Morgan fingerprint density at radius 3 is 2.79 bits per heavy atom. The van der Waals surface area contributed by atoms with Crippen molar-refractivity contribution in [3.63, 3.8) is 0 Å². The second-order valence-corrected chi connectivity index (χ2v) is 3.29. The maximum atomic E-state index is 10.7. The van der Waals surface area contributed by atoms with Crippen LogP contribution in [0.1, 0.15) is 24.5 Å². The first kappa shape index (κ1) is 8.93. The molecule has 0 spiro atoms. The molecule has 0 radical (unpaired) electrons. The number of aromatic nitrogens is 1. The van der Waals surface area contributed by atoms with Crippen LogP contribution in [0.15, 0.2) is 12.1 Å². The molecule has 14 heavy (non-hydrogen) atoms. The van der Waals surface area contributed by atoms with Gasteiger partial charge in [0.25, 0.3) is 5.69 Å². The molecular formula is C9H10N2O3. The van der Waals surface area contributed by atoms with E-state index in [0.29, 0.717) is 11.6 Å². The zero-order valence-corrected chi connectivity index (χ0v) is 7.77. The molecule has 1 aromatic heterocycles. The van der Waals surface area contributed by atoms with Gasteiger partial charge in [0, 0.05) is 18.1 Å². The van der Waals surface area contributed by atoms with E-state index in [1.54, 1.807) is 0 Å². The van der Waals surface area contributed by atoms with Gasteiger partial charge in [0.1, 0.15) is 5.69 Å². The van der Waals surface area contributed by atoms with Crippen molar-refractivity contribution in [3.8, 4) is 5.88 Å². The lowest BCUT2D eigenvalue weighted by Crippen LogP contribution is -1.98. The molecule has 1 fully saturated rings. The van der Waals surface area contributed by atoms with Crippen molar-refractivity contribution in [2.75, 3.05) is 7.11 Å². The fourth-order valence-corrected chi connectivity index (χ4v) is 1.37. The summed E-state index contributed by atoms with van der Waals surface area (Å²) in [5.41, 5.74) is 0.669. The quantitative estimate of drug-likeness (QED) is 0.544. The number of nitrogens with zero attached hydrogens (tertiary/aromatic N) is 2. The third kappa shape index (κ3) is 1.53. The molecule has 0 N–H and O–H groups in total. The first-order valence-electron chi connectivity index (χ1n) is 4.41. The highest BCUT2D eigenvalue weighted by Gasteiger charge is 2.32. The van der Waals surface area contributed by atoms with Gasteiger partial charge in [0.15, 0.2) is 0 Å². The van der Waals surface area contributed by atoms with E-state index in [-0.39, 0.29) is 16.5 Å². The molecule has 0 bridgehead atoms. The summed E-state index contributed by atoms with van der Waals surface area (Å²) in [5, 5.41) is 10.7. The number of hydrogen-bond donors (Lipinski definition) is 0. The Morgan fingerprint density at radius 1 is 1.57 bits per heavy atom. The molecule has 1 saturated carbocycles. The molecule has 5 heteroatoms. The van der Waals surface area contributed by atoms with Crippen molar-refractivity contribution in [1.29, 1.82) is 0 Å². The highest BCUT2D eigenvalue weighted by atomic mass is 16.6. The summed E-state index contributed by atoms with van der Waals surface area (Å²) in [5.74, 6) is 0.697. The number of hydrogen-bond acceptors (Lipinski definition) is 4. The Morgan fingerprint density at radius 2 is 2.29 bits per heavy atom. The highest BCUT2D eigenvalue weighted by molar-refractivity contribution is 5.41. The lowest BCUT2D eigenvalue weighted by atomic mass is 10.2. The molecule has 1 aliphatic carbocycles. The van der Waals surface area contributed by atoms with E-state index in [1.165, 1.54) is 19.2 Å². The maximum Gasteiger partial charge on any atom is 0.291 e. The minimum absolute atomic E-state index is 0.105. The van der Waals surface area contributed by atoms with E-state index in [1.807, 2.05) is 0 Å². The molecule has 0 amide bonds. The summed E-state index contributed by atoms with van der Waals surface area (Å²) in [6.07, 6.45) is 1.97. The second-order valence-electron chi connectivity index (χ2n) is 3.29. The van der Waals surface area contributed by atoms with Crippen LogP contribution >= 0.6 is 0 Å². The van der Waals surface area contributed by atoms with Crippen molar-refractivity contribution < 1.29 is 9.66 Å². The van der Waals surface area contributed by atoms with Gasteiger partial charge >= 0.3 is 0 Å². The number of rotatable bonds is 3. The SMILES string of the molecule is COc1ccc([N+](=O)[O-])c(C2CC2)n1. The smallest absolute Gasteiger partial charge is 0.291 e. The number of methoxy groups -OCH3 is 1. The van der Waals surface area contributed by atoms with E-state index in [2.05, 4.69) is 4.98 Å². The molecule has 1 aliphatic rings. The van der Waals surface area contributed by atoms with Crippen LogP contribution in [0.4, 0.5) is 5.69 Å². The highest BCUT2D eigenvalue weighted by Crippen LogP contribution is 2.43. The fourth-order valence-electron chi connectivity index (χ4n) is 1.37. The average molecular weight is 194 g/mol. The third-order valence-electron chi connectivity index (χ3n) is 2.25. The summed E-state index contributed by atoms with van der Waals surface area (Å²) >= 11 is 0. The molecule has 0 saturated heterocycles. The van der Waals surface area contributed by atoms with Gasteiger partial charge in [-0.15, -0.1) is 0 Å². The Balaban J connectivity index is 2.43. The number of nitro groups is 1.